The van der Waals surface area contributed by atoms with E-state index in [1.165, 1.54) is 11.5 Å². The van der Waals surface area contributed by atoms with Crippen molar-refractivity contribution >= 4 is 17.4 Å². The van der Waals surface area contributed by atoms with E-state index < -0.39 is 0 Å². The molecule has 1 N–H and O–H groups in total. The molecule has 5 nitrogen and oxygen atoms in total. The van der Waals surface area contributed by atoms with Gasteiger partial charge in [0.2, 0.25) is 0 Å². The van der Waals surface area contributed by atoms with Crippen LogP contribution in [0.4, 0.5) is 0 Å². The van der Waals surface area contributed by atoms with E-state index in [1.54, 1.807) is 0 Å². The Labute approximate surface area is 118 Å². The molecular formula is C13H22N4OS. The Morgan fingerprint density at radius 2 is 2.21 bits per heavy atom. The van der Waals surface area contributed by atoms with Gasteiger partial charge in [0.05, 0.1) is 5.69 Å². The first-order chi connectivity index (χ1) is 8.93. The van der Waals surface area contributed by atoms with Gasteiger partial charge in [0.15, 0.2) is 0 Å². The predicted molar refractivity (Wildman–Crippen MR) is 76.6 cm³/mol. The van der Waals surface area contributed by atoms with Crippen molar-refractivity contribution in [3.8, 4) is 0 Å². The lowest BCUT2D eigenvalue weighted by molar-refractivity contribution is 0.0700. The molecule has 1 amide bonds. The molecule has 19 heavy (non-hydrogen) atoms. The molecule has 6 heteroatoms. The van der Waals surface area contributed by atoms with Crippen molar-refractivity contribution in [2.24, 2.45) is 0 Å². The highest BCUT2D eigenvalue weighted by molar-refractivity contribution is 7.08. The minimum atomic E-state index is -0.143. The first kappa shape index (κ1) is 14.4. The summed E-state index contributed by atoms with van der Waals surface area (Å²) in [6.45, 7) is 7.79. The number of nitrogens with zero attached hydrogens (tertiary/aromatic N) is 3. The molecule has 0 aliphatic carbocycles. The highest BCUT2D eigenvalue weighted by atomic mass is 32.1. The molecule has 0 bridgehead atoms. The molecule has 1 fully saturated rings. The number of likely N-dealkylation sites (tertiary alicyclic amines) is 1. The third kappa shape index (κ3) is 3.12. The molecule has 1 aromatic rings. The van der Waals surface area contributed by atoms with Gasteiger partial charge in [-0.2, -0.15) is 0 Å². The second-order valence-corrected chi connectivity index (χ2v) is 6.83. The molecule has 0 radical (unpaired) electrons. The number of likely N-dealkylation sites (N-methyl/N-ethyl adjacent to an activating group) is 1. The molecule has 0 saturated carbocycles. The largest absolute Gasteiger partial charge is 0.336 e. The quantitative estimate of drug-likeness (QED) is 0.896. The zero-order chi connectivity index (χ0) is 14.0. The number of carbonyl (C=O) groups excluding carboxylic acids is 1. The molecule has 2 rings (SSSR count). The lowest BCUT2D eigenvalue weighted by atomic mass is 9.91. The molecule has 1 aliphatic rings. The van der Waals surface area contributed by atoms with Crippen LogP contribution in [0.3, 0.4) is 0 Å². The Hall–Kier alpha value is -1.01. The van der Waals surface area contributed by atoms with E-state index in [9.17, 15) is 4.79 Å². The molecule has 0 aromatic carbocycles. The monoisotopic (exact) mass is 282 g/mol. The van der Waals surface area contributed by atoms with Crippen molar-refractivity contribution in [2.45, 2.75) is 45.1 Å². The Balaban J connectivity index is 2.18. The molecular weight excluding hydrogens is 260 g/mol. The minimum Gasteiger partial charge on any atom is -0.336 e. The van der Waals surface area contributed by atoms with Crippen LogP contribution >= 0.6 is 11.5 Å². The van der Waals surface area contributed by atoms with Crippen LogP contribution < -0.4 is 5.32 Å². The summed E-state index contributed by atoms with van der Waals surface area (Å²) in [6.07, 6.45) is 2.18. The first-order valence-electron chi connectivity index (χ1n) is 6.73. The van der Waals surface area contributed by atoms with Crippen molar-refractivity contribution in [2.75, 3.05) is 20.1 Å². The number of nitrogens with one attached hydrogen (secondary N) is 1. The predicted octanol–water partition coefficient (Wildman–Crippen LogP) is 1.66. The molecule has 1 unspecified atom stereocenters. The molecule has 1 aliphatic heterocycles. The maximum Gasteiger partial charge on any atom is 0.267 e. The highest BCUT2D eigenvalue weighted by Crippen LogP contribution is 2.27. The van der Waals surface area contributed by atoms with Crippen LogP contribution in [0.5, 0.6) is 0 Å². The van der Waals surface area contributed by atoms with Gasteiger partial charge in [0, 0.05) is 24.5 Å². The second kappa shape index (κ2) is 5.54. The fourth-order valence-corrected chi connectivity index (χ4v) is 3.21. The van der Waals surface area contributed by atoms with Crippen LogP contribution in [-0.4, -0.2) is 46.6 Å². The third-order valence-corrected chi connectivity index (χ3v) is 4.22. The first-order valence-corrected chi connectivity index (χ1v) is 7.50. The number of carbonyl (C=O) groups is 1. The summed E-state index contributed by atoms with van der Waals surface area (Å²) in [5.74, 6) is 0.0832. The van der Waals surface area contributed by atoms with Crippen LogP contribution in [0, 0.1) is 0 Å². The van der Waals surface area contributed by atoms with Crippen LogP contribution in [0.25, 0.3) is 0 Å². The van der Waals surface area contributed by atoms with Crippen molar-refractivity contribution in [3.63, 3.8) is 0 Å². The topological polar surface area (TPSA) is 58.1 Å². The van der Waals surface area contributed by atoms with E-state index in [2.05, 4.69) is 35.7 Å². The van der Waals surface area contributed by atoms with Crippen LogP contribution in [0.15, 0.2) is 0 Å². The van der Waals surface area contributed by atoms with Crippen molar-refractivity contribution in [1.82, 2.24) is 19.8 Å². The van der Waals surface area contributed by atoms with Gasteiger partial charge < -0.3 is 10.2 Å². The Morgan fingerprint density at radius 3 is 2.84 bits per heavy atom. The molecule has 1 saturated heterocycles. The smallest absolute Gasteiger partial charge is 0.267 e. The number of hydrogen-bond donors (Lipinski definition) is 1. The summed E-state index contributed by atoms with van der Waals surface area (Å²) in [5, 5.41) is 7.41. The van der Waals surface area contributed by atoms with E-state index in [1.807, 2.05) is 11.9 Å². The Morgan fingerprint density at radius 1 is 1.47 bits per heavy atom. The van der Waals surface area contributed by atoms with E-state index in [-0.39, 0.29) is 11.3 Å². The standard InChI is InChI=1S/C13H22N4OS/c1-13(2,3)11-10(19-16-15-11)12(18)17-7-5-6-9(8-17)14-4/h9,14H,5-8H2,1-4H3. The van der Waals surface area contributed by atoms with Crippen molar-refractivity contribution in [3.05, 3.63) is 10.6 Å². The summed E-state index contributed by atoms with van der Waals surface area (Å²) in [5.41, 5.74) is 0.671. The third-order valence-electron chi connectivity index (χ3n) is 3.51. The van der Waals surface area contributed by atoms with Gasteiger partial charge in [-0.15, -0.1) is 5.10 Å². The van der Waals surface area contributed by atoms with E-state index in [4.69, 9.17) is 0 Å². The van der Waals surface area contributed by atoms with Crippen LogP contribution in [-0.2, 0) is 5.41 Å². The van der Waals surface area contributed by atoms with Gasteiger partial charge in [-0.3, -0.25) is 4.79 Å². The number of rotatable bonds is 2. The fraction of sp³-hybridized carbons (Fsp3) is 0.769. The zero-order valence-electron chi connectivity index (χ0n) is 12.1. The van der Waals surface area contributed by atoms with Gasteiger partial charge >= 0.3 is 0 Å². The molecule has 1 aromatic heterocycles. The minimum absolute atomic E-state index is 0.0832. The SMILES string of the molecule is CNC1CCCN(C(=O)c2snnc2C(C)(C)C)C1. The zero-order valence-corrected chi connectivity index (χ0v) is 12.9. The average molecular weight is 282 g/mol. The second-order valence-electron chi connectivity index (χ2n) is 6.08. The molecule has 2 heterocycles. The summed E-state index contributed by atoms with van der Waals surface area (Å²) in [4.78, 5) is 15.2. The molecule has 106 valence electrons. The van der Waals surface area contributed by atoms with Gasteiger partial charge in [-0.25, -0.2) is 0 Å². The molecule has 1 atom stereocenters. The van der Waals surface area contributed by atoms with E-state index >= 15 is 0 Å². The normalized spacial score (nSPS) is 20.6. The lowest BCUT2D eigenvalue weighted by Crippen LogP contribution is -2.47. The number of amides is 1. The number of piperidine rings is 1. The fourth-order valence-electron chi connectivity index (χ4n) is 2.36. The Bertz CT molecular complexity index is 452. The van der Waals surface area contributed by atoms with Crippen molar-refractivity contribution in [1.29, 1.82) is 0 Å². The molecule has 0 spiro atoms. The maximum atomic E-state index is 12.6. The summed E-state index contributed by atoms with van der Waals surface area (Å²) in [6, 6.07) is 0.400. The summed E-state index contributed by atoms with van der Waals surface area (Å²) < 4.78 is 3.97. The van der Waals surface area contributed by atoms with Crippen LogP contribution in [0.1, 0.15) is 49.0 Å². The number of hydrogen-bond acceptors (Lipinski definition) is 5. The van der Waals surface area contributed by atoms with Gasteiger partial charge in [-0.1, -0.05) is 25.3 Å². The maximum absolute atomic E-state index is 12.6. The summed E-state index contributed by atoms with van der Waals surface area (Å²) in [7, 11) is 1.95. The highest BCUT2D eigenvalue weighted by Gasteiger charge is 2.31. The van der Waals surface area contributed by atoms with E-state index in [0.717, 1.165) is 31.6 Å². The summed E-state index contributed by atoms with van der Waals surface area (Å²) >= 11 is 1.21. The Kier molecular flexibility index (Phi) is 4.20. The van der Waals surface area contributed by atoms with Crippen LogP contribution in [0.2, 0.25) is 0 Å². The van der Waals surface area contributed by atoms with E-state index in [0.29, 0.717) is 10.9 Å². The van der Waals surface area contributed by atoms with Gasteiger partial charge in [0.25, 0.3) is 5.91 Å². The van der Waals surface area contributed by atoms with Gasteiger partial charge in [0.1, 0.15) is 4.88 Å². The average Bonchev–Trinajstić information content (AvgIpc) is 2.87. The lowest BCUT2D eigenvalue weighted by Gasteiger charge is -2.32. The van der Waals surface area contributed by atoms with Gasteiger partial charge in [-0.05, 0) is 31.4 Å². The number of aromatic nitrogens is 2. The van der Waals surface area contributed by atoms with Crippen molar-refractivity contribution < 1.29 is 4.79 Å².